The lowest BCUT2D eigenvalue weighted by atomic mass is 9.93. The largest absolute Gasteiger partial charge is 0.508 e. The van der Waals surface area contributed by atoms with Crippen LogP contribution in [0.5, 0.6) is 34.5 Å². The smallest absolute Gasteiger partial charge is 0.200 e. The highest BCUT2D eigenvalue weighted by atomic mass is 16.5. The molecule has 0 amide bonds. The predicted octanol–water partition coefficient (Wildman–Crippen LogP) is 4.25. The molecule has 0 spiro atoms. The predicted molar refractivity (Wildman–Crippen MR) is 107 cm³/mol. The first-order chi connectivity index (χ1) is 13.9. The van der Waals surface area contributed by atoms with Crippen molar-refractivity contribution in [2.45, 2.75) is 57.7 Å². The highest BCUT2D eigenvalue weighted by molar-refractivity contribution is 5.54. The monoisotopic (exact) mass is 404 g/mol. The van der Waals surface area contributed by atoms with Gasteiger partial charge in [-0.3, -0.25) is 0 Å². The van der Waals surface area contributed by atoms with Gasteiger partial charge in [-0.05, 0) is 18.6 Å². The Bertz CT molecular complexity index is 826. The van der Waals surface area contributed by atoms with Crippen LogP contribution in [0.3, 0.4) is 0 Å². The second-order valence-corrected chi connectivity index (χ2v) is 7.42. The van der Waals surface area contributed by atoms with Gasteiger partial charge in [-0.15, -0.1) is 0 Å². The van der Waals surface area contributed by atoms with E-state index in [0.717, 1.165) is 25.7 Å². The Labute approximate surface area is 169 Å². The molecule has 2 aromatic carbocycles. The summed E-state index contributed by atoms with van der Waals surface area (Å²) in [7, 11) is 0. The van der Waals surface area contributed by atoms with E-state index in [0.29, 0.717) is 29.9 Å². The first-order valence-corrected chi connectivity index (χ1v) is 9.98. The quantitative estimate of drug-likeness (QED) is 0.330. The van der Waals surface area contributed by atoms with Crippen LogP contribution in [0.4, 0.5) is 0 Å². The van der Waals surface area contributed by atoms with Crippen LogP contribution in [0.25, 0.3) is 0 Å². The maximum atomic E-state index is 10.2. The molecule has 7 heteroatoms. The number of fused-ring (bicyclic) bond motifs is 1. The molecule has 2 aromatic rings. The summed E-state index contributed by atoms with van der Waals surface area (Å²) in [5.74, 6) is -1.44. The average Bonchev–Trinajstić information content (AvgIpc) is 2.68. The number of rotatable bonds is 8. The van der Waals surface area contributed by atoms with E-state index >= 15 is 0 Å². The molecule has 158 valence electrons. The Balaban J connectivity index is 1.83. The van der Waals surface area contributed by atoms with Crippen LogP contribution in [0, 0.1) is 0 Å². The van der Waals surface area contributed by atoms with Crippen LogP contribution in [-0.2, 0) is 11.2 Å². The summed E-state index contributed by atoms with van der Waals surface area (Å²) >= 11 is 0. The molecule has 0 saturated carbocycles. The van der Waals surface area contributed by atoms with Gasteiger partial charge >= 0.3 is 0 Å². The van der Waals surface area contributed by atoms with Crippen LogP contribution in [0.2, 0.25) is 0 Å². The Morgan fingerprint density at radius 3 is 2.28 bits per heavy atom. The molecule has 0 unspecified atom stereocenters. The van der Waals surface area contributed by atoms with Crippen LogP contribution in [-0.4, -0.2) is 38.2 Å². The first-order valence-electron chi connectivity index (χ1n) is 9.98. The zero-order valence-electron chi connectivity index (χ0n) is 16.5. The SMILES string of the molecule is CCCCCCCO[C@H]1Cc2c(O)cc(O)cc2O[C@H]1c1cc(O)c(O)c(O)c1. The van der Waals surface area contributed by atoms with Gasteiger partial charge in [0, 0.05) is 36.3 Å². The molecule has 0 saturated heterocycles. The molecule has 29 heavy (non-hydrogen) atoms. The highest BCUT2D eigenvalue weighted by Crippen LogP contribution is 2.45. The van der Waals surface area contributed by atoms with Crippen molar-refractivity contribution in [1.29, 1.82) is 0 Å². The minimum Gasteiger partial charge on any atom is -0.508 e. The van der Waals surface area contributed by atoms with E-state index in [1.807, 2.05) is 0 Å². The van der Waals surface area contributed by atoms with E-state index in [1.165, 1.54) is 30.7 Å². The van der Waals surface area contributed by atoms with Crippen molar-refractivity contribution in [1.82, 2.24) is 0 Å². The molecule has 1 aliphatic heterocycles. The average molecular weight is 404 g/mol. The van der Waals surface area contributed by atoms with Crippen LogP contribution in [0.15, 0.2) is 24.3 Å². The Morgan fingerprint density at radius 2 is 1.59 bits per heavy atom. The van der Waals surface area contributed by atoms with Gasteiger partial charge in [-0.25, -0.2) is 0 Å². The van der Waals surface area contributed by atoms with Gasteiger partial charge in [-0.2, -0.15) is 0 Å². The molecule has 3 rings (SSSR count). The van der Waals surface area contributed by atoms with Crippen molar-refractivity contribution in [3.05, 3.63) is 35.4 Å². The number of phenolic OH excluding ortho intramolecular Hbond substituents is 5. The number of benzene rings is 2. The van der Waals surface area contributed by atoms with Gasteiger partial charge in [0.1, 0.15) is 23.4 Å². The summed E-state index contributed by atoms with van der Waals surface area (Å²) in [5.41, 5.74) is 0.949. The van der Waals surface area contributed by atoms with Gasteiger partial charge < -0.3 is 35.0 Å². The molecule has 5 N–H and O–H groups in total. The second kappa shape index (κ2) is 9.13. The standard InChI is InChI=1S/C22H28O7/c1-2-3-4-5-6-7-28-20-12-15-16(24)10-14(23)11-19(15)29-22(20)13-8-17(25)21(27)18(26)9-13/h8-11,20,22-27H,2-7,12H2,1H3/t20-,22-/m0/s1. The normalized spacial score (nSPS) is 18.2. The van der Waals surface area contributed by atoms with Gasteiger partial charge in [0.05, 0.1) is 0 Å². The molecule has 0 aromatic heterocycles. The highest BCUT2D eigenvalue weighted by Gasteiger charge is 2.35. The van der Waals surface area contributed by atoms with Gasteiger partial charge in [0.2, 0.25) is 0 Å². The van der Waals surface area contributed by atoms with Crippen molar-refractivity contribution in [2.75, 3.05) is 6.61 Å². The third-order valence-corrected chi connectivity index (χ3v) is 5.17. The van der Waals surface area contributed by atoms with E-state index in [9.17, 15) is 25.5 Å². The van der Waals surface area contributed by atoms with E-state index in [1.54, 1.807) is 0 Å². The Kier molecular flexibility index (Phi) is 6.59. The summed E-state index contributed by atoms with van der Waals surface area (Å²) in [6, 6.07) is 5.28. The Morgan fingerprint density at radius 1 is 0.897 bits per heavy atom. The zero-order chi connectivity index (χ0) is 21.0. The molecular weight excluding hydrogens is 376 g/mol. The fraction of sp³-hybridized carbons (Fsp3) is 0.455. The zero-order valence-corrected chi connectivity index (χ0v) is 16.5. The van der Waals surface area contributed by atoms with Crippen LogP contribution >= 0.6 is 0 Å². The third-order valence-electron chi connectivity index (χ3n) is 5.17. The molecule has 0 bridgehead atoms. The molecular formula is C22H28O7. The van der Waals surface area contributed by atoms with Crippen molar-refractivity contribution in [3.63, 3.8) is 0 Å². The maximum Gasteiger partial charge on any atom is 0.200 e. The van der Waals surface area contributed by atoms with Crippen molar-refractivity contribution >= 4 is 0 Å². The van der Waals surface area contributed by atoms with Gasteiger partial charge in [-0.1, -0.05) is 32.6 Å². The summed E-state index contributed by atoms with van der Waals surface area (Å²) in [6.07, 6.45) is 4.61. The first kappa shape index (κ1) is 20.9. The summed E-state index contributed by atoms with van der Waals surface area (Å²) in [4.78, 5) is 0. The lowest BCUT2D eigenvalue weighted by Gasteiger charge is -2.34. The topological polar surface area (TPSA) is 120 Å². The molecule has 1 heterocycles. The van der Waals surface area contributed by atoms with Crippen molar-refractivity contribution in [2.24, 2.45) is 0 Å². The summed E-state index contributed by atoms with van der Waals surface area (Å²) < 4.78 is 12.0. The van der Waals surface area contributed by atoms with Crippen molar-refractivity contribution < 1.29 is 35.0 Å². The fourth-order valence-corrected chi connectivity index (χ4v) is 3.61. The molecule has 2 atom stereocenters. The molecule has 1 aliphatic rings. The van der Waals surface area contributed by atoms with E-state index in [-0.39, 0.29) is 11.5 Å². The number of hydrogen-bond donors (Lipinski definition) is 5. The number of aromatic hydroxyl groups is 5. The molecule has 0 aliphatic carbocycles. The van der Waals surface area contributed by atoms with E-state index in [2.05, 4.69) is 6.92 Å². The summed E-state index contributed by atoms with van der Waals surface area (Å²) in [5, 5.41) is 49.4. The number of phenols is 5. The van der Waals surface area contributed by atoms with Crippen LogP contribution < -0.4 is 4.74 Å². The number of unbranched alkanes of at least 4 members (excludes halogenated alkanes) is 4. The lowest BCUT2D eigenvalue weighted by molar-refractivity contribution is -0.0394. The summed E-state index contributed by atoms with van der Waals surface area (Å²) in [6.45, 7) is 2.67. The maximum absolute atomic E-state index is 10.2. The molecule has 7 nitrogen and oxygen atoms in total. The minimum atomic E-state index is -0.697. The van der Waals surface area contributed by atoms with Gasteiger partial charge in [0.25, 0.3) is 0 Å². The van der Waals surface area contributed by atoms with E-state index < -0.39 is 29.5 Å². The fourth-order valence-electron chi connectivity index (χ4n) is 3.61. The number of hydrogen-bond acceptors (Lipinski definition) is 7. The lowest BCUT2D eigenvalue weighted by Crippen LogP contribution is -2.33. The van der Waals surface area contributed by atoms with Gasteiger partial charge in [0.15, 0.2) is 23.4 Å². The number of ether oxygens (including phenoxy) is 2. The van der Waals surface area contributed by atoms with Crippen LogP contribution in [0.1, 0.15) is 56.3 Å². The third kappa shape index (κ3) is 4.79. The molecule has 0 fully saturated rings. The Hall–Kier alpha value is -2.80. The van der Waals surface area contributed by atoms with E-state index in [4.69, 9.17) is 9.47 Å². The minimum absolute atomic E-state index is 0.0774. The second-order valence-electron chi connectivity index (χ2n) is 7.42. The molecule has 0 radical (unpaired) electrons. The van der Waals surface area contributed by atoms with Crippen molar-refractivity contribution in [3.8, 4) is 34.5 Å².